The van der Waals surface area contributed by atoms with Gasteiger partial charge >= 0.3 is 0 Å². The molecule has 0 unspecified atom stereocenters. The lowest BCUT2D eigenvalue weighted by molar-refractivity contribution is -0.127. The summed E-state index contributed by atoms with van der Waals surface area (Å²) < 4.78 is 0. The van der Waals surface area contributed by atoms with Crippen molar-refractivity contribution in [3.8, 4) is 11.1 Å². The van der Waals surface area contributed by atoms with Crippen molar-refractivity contribution in [3.05, 3.63) is 54.6 Å². The molecule has 0 radical (unpaired) electrons. The summed E-state index contributed by atoms with van der Waals surface area (Å²) in [6, 6.07) is 17.3. The van der Waals surface area contributed by atoms with Crippen molar-refractivity contribution >= 4 is 17.9 Å². The molecule has 0 bridgehead atoms. The van der Waals surface area contributed by atoms with Gasteiger partial charge in [0, 0.05) is 5.69 Å². The van der Waals surface area contributed by atoms with Crippen LogP contribution in [0.25, 0.3) is 11.1 Å². The Kier molecular flexibility index (Phi) is 3.31. The molecule has 1 amide bonds. The van der Waals surface area contributed by atoms with Gasteiger partial charge < -0.3 is 5.32 Å². The third-order valence-electron chi connectivity index (χ3n) is 2.37. The second kappa shape index (κ2) is 5.07. The molecule has 0 aliphatic rings. The maximum absolute atomic E-state index is 10.9. The van der Waals surface area contributed by atoms with Crippen molar-refractivity contribution in [1.82, 2.24) is 0 Å². The van der Waals surface area contributed by atoms with Gasteiger partial charge in [0.15, 0.2) is 0 Å². The Labute approximate surface area is 99.1 Å². The summed E-state index contributed by atoms with van der Waals surface area (Å²) in [5, 5.41) is 2.46. The van der Waals surface area contributed by atoms with E-state index in [1.54, 1.807) is 12.1 Å². The summed E-state index contributed by atoms with van der Waals surface area (Å²) in [4.78, 5) is 21.0. The lowest BCUT2D eigenvalue weighted by Gasteiger charge is -2.04. The molecule has 0 saturated heterocycles. The van der Waals surface area contributed by atoms with Gasteiger partial charge in [-0.05, 0) is 23.3 Å². The number of hydrogen-bond donors (Lipinski definition) is 1. The van der Waals surface area contributed by atoms with E-state index >= 15 is 0 Å². The topological polar surface area (TPSA) is 46.2 Å². The molecule has 0 atom stereocenters. The number of carbonyl (C=O) groups is 2. The smallest absolute Gasteiger partial charge is 0.288 e. The van der Waals surface area contributed by atoms with Gasteiger partial charge in [0.2, 0.25) is 6.29 Å². The van der Waals surface area contributed by atoms with E-state index in [4.69, 9.17) is 0 Å². The number of benzene rings is 2. The van der Waals surface area contributed by atoms with Crippen LogP contribution in [0.3, 0.4) is 0 Å². The van der Waals surface area contributed by atoms with E-state index in [0.29, 0.717) is 5.69 Å². The minimum Gasteiger partial charge on any atom is -0.320 e. The highest BCUT2D eigenvalue weighted by molar-refractivity contribution is 6.29. The molecule has 3 heteroatoms. The van der Waals surface area contributed by atoms with E-state index in [0.717, 1.165) is 11.1 Å². The second-order valence-corrected chi connectivity index (χ2v) is 3.55. The lowest BCUT2D eigenvalue weighted by atomic mass is 10.1. The Morgan fingerprint density at radius 1 is 0.882 bits per heavy atom. The maximum atomic E-state index is 10.9. The molecule has 84 valence electrons. The molecule has 0 aromatic heterocycles. The van der Waals surface area contributed by atoms with Crippen molar-refractivity contribution < 1.29 is 9.59 Å². The summed E-state index contributed by atoms with van der Waals surface area (Å²) in [6.07, 6.45) is 0.255. The van der Waals surface area contributed by atoms with Crippen molar-refractivity contribution in [2.24, 2.45) is 0 Å². The first-order valence-corrected chi connectivity index (χ1v) is 5.21. The van der Waals surface area contributed by atoms with Crippen molar-refractivity contribution in [3.63, 3.8) is 0 Å². The Morgan fingerprint density at radius 3 is 2.06 bits per heavy atom. The molecular formula is C14H11NO2. The molecule has 0 spiro atoms. The number of rotatable bonds is 3. The zero-order valence-electron chi connectivity index (χ0n) is 9.09. The zero-order chi connectivity index (χ0) is 12.1. The molecule has 3 nitrogen and oxygen atoms in total. The SMILES string of the molecule is O=CC(=O)Nc1ccc(-c2ccccc2)cc1. The number of anilines is 1. The molecule has 2 rings (SSSR count). The molecule has 0 saturated carbocycles. The Balaban J connectivity index is 2.19. The minimum absolute atomic E-state index is 0.255. The van der Waals surface area contributed by atoms with Gasteiger partial charge in [-0.2, -0.15) is 0 Å². The number of nitrogens with one attached hydrogen (secondary N) is 1. The van der Waals surface area contributed by atoms with E-state index in [-0.39, 0.29) is 6.29 Å². The average molecular weight is 225 g/mol. The minimum atomic E-state index is -0.641. The molecule has 0 fully saturated rings. The summed E-state index contributed by atoms with van der Waals surface area (Å²) in [5.41, 5.74) is 2.79. The number of amides is 1. The fourth-order valence-electron chi connectivity index (χ4n) is 1.55. The molecule has 17 heavy (non-hydrogen) atoms. The third-order valence-corrected chi connectivity index (χ3v) is 2.37. The van der Waals surface area contributed by atoms with E-state index in [1.165, 1.54) is 0 Å². The van der Waals surface area contributed by atoms with Gasteiger partial charge in [0.1, 0.15) is 0 Å². The van der Waals surface area contributed by atoms with Gasteiger partial charge in [-0.15, -0.1) is 0 Å². The van der Waals surface area contributed by atoms with Crippen LogP contribution in [0.4, 0.5) is 5.69 Å². The van der Waals surface area contributed by atoms with E-state index in [1.807, 2.05) is 42.5 Å². The Morgan fingerprint density at radius 2 is 1.47 bits per heavy atom. The summed E-state index contributed by atoms with van der Waals surface area (Å²) in [7, 11) is 0. The van der Waals surface area contributed by atoms with Crippen LogP contribution in [0.1, 0.15) is 0 Å². The van der Waals surface area contributed by atoms with Crippen LogP contribution in [-0.2, 0) is 9.59 Å². The Bertz CT molecular complexity index is 518. The first-order chi connectivity index (χ1) is 8.29. The average Bonchev–Trinajstić information content (AvgIpc) is 2.40. The largest absolute Gasteiger partial charge is 0.320 e. The van der Waals surface area contributed by atoms with Crippen LogP contribution in [0, 0.1) is 0 Å². The summed E-state index contributed by atoms with van der Waals surface area (Å²) >= 11 is 0. The van der Waals surface area contributed by atoms with Crippen LogP contribution in [-0.4, -0.2) is 12.2 Å². The second-order valence-electron chi connectivity index (χ2n) is 3.55. The third kappa shape index (κ3) is 2.78. The molecule has 0 aliphatic carbocycles. The first kappa shape index (κ1) is 11.1. The first-order valence-electron chi connectivity index (χ1n) is 5.21. The normalized spacial score (nSPS) is 9.65. The van der Waals surface area contributed by atoms with Gasteiger partial charge in [-0.3, -0.25) is 9.59 Å². The van der Waals surface area contributed by atoms with Crippen LogP contribution >= 0.6 is 0 Å². The fourth-order valence-corrected chi connectivity index (χ4v) is 1.55. The summed E-state index contributed by atoms with van der Waals surface area (Å²) in [5.74, 6) is -0.641. The standard InChI is InChI=1S/C14H11NO2/c16-10-14(17)15-13-8-6-12(7-9-13)11-4-2-1-3-5-11/h1-10H,(H,15,17). The predicted octanol–water partition coefficient (Wildman–Crippen LogP) is 2.49. The van der Waals surface area contributed by atoms with Crippen molar-refractivity contribution in [2.45, 2.75) is 0 Å². The van der Waals surface area contributed by atoms with Gasteiger partial charge in [-0.1, -0.05) is 42.5 Å². The number of aldehydes is 1. The van der Waals surface area contributed by atoms with Crippen molar-refractivity contribution in [1.29, 1.82) is 0 Å². The number of carbonyl (C=O) groups excluding carboxylic acids is 2. The molecule has 1 N–H and O–H groups in total. The van der Waals surface area contributed by atoms with Crippen molar-refractivity contribution in [2.75, 3.05) is 5.32 Å². The summed E-state index contributed by atoms with van der Waals surface area (Å²) in [6.45, 7) is 0. The zero-order valence-corrected chi connectivity index (χ0v) is 9.09. The van der Waals surface area contributed by atoms with E-state index in [2.05, 4.69) is 5.32 Å². The van der Waals surface area contributed by atoms with Crippen LogP contribution in [0.5, 0.6) is 0 Å². The van der Waals surface area contributed by atoms with Crippen LogP contribution in [0.15, 0.2) is 54.6 Å². The lowest BCUT2D eigenvalue weighted by Crippen LogP contribution is -2.11. The molecular weight excluding hydrogens is 214 g/mol. The van der Waals surface area contributed by atoms with Gasteiger partial charge in [-0.25, -0.2) is 0 Å². The molecule has 2 aromatic carbocycles. The molecule has 0 heterocycles. The van der Waals surface area contributed by atoms with Gasteiger partial charge in [0.05, 0.1) is 0 Å². The highest BCUT2D eigenvalue weighted by Crippen LogP contribution is 2.20. The highest BCUT2D eigenvalue weighted by Gasteiger charge is 2.00. The quantitative estimate of drug-likeness (QED) is 0.644. The van der Waals surface area contributed by atoms with E-state index in [9.17, 15) is 9.59 Å². The fraction of sp³-hybridized carbons (Fsp3) is 0. The molecule has 2 aromatic rings. The monoisotopic (exact) mass is 225 g/mol. The predicted molar refractivity (Wildman–Crippen MR) is 66.6 cm³/mol. The van der Waals surface area contributed by atoms with Crippen LogP contribution in [0.2, 0.25) is 0 Å². The van der Waals surface area contributed by atoms with E-state index < -0.39 is 5.91 Å². The highest BCUT2D eigenvalue weighted by atomic mass is 16.2. The molecule has 0 aliphatic heterocycles. The van der Waals surface area contributed by atoms with Gasteiger partial charge in [0.25, 0.3) is 5.91 Å². The Hall–Kier alpha value is -2.42. The maximum Gasteiger partial charge on any atom is 0.288 e. The number of hydrogen-bond acceptors (Lipinski definition) is 2. The van der Waals surface area contributed by atoms with Crippen LogP contribution < -0.4 is 5.32 Å².